The zero-order valence-electron chi connectivity index (χ0n) is 20.0. The molecule has 1 heterocycles. The van der Waals surface area contributed by atoms with Gasteiger partial charge in [0.25, 0.3) is 0 Å². The van der Waals surface area contributed by atoms with Crippen molar-refractivity contribution in [3.63, 3.8) is 0 Å². The number of ether oxygens (including phenoxy) is 4. The number of aliphatic hydroxyl groups excluding tert-OH is 1. The van der Waals surface area contributed by atoms with Gasteiger partial charge in [-0.1, -0.05) is 34.3 Å². The fraction of sp³-hybridized carbons (Fsp3) is 0.750. The summed E-state index contributed by atoms with van der Waals surface area (Å²) in [7, 11) is 0. The maximum Gasteiger partial charge on any atom is 0.334 e. The molecule has 0 aromatic rings. The van der Waals surface area contributed by atoms with E-state index in [0.29, 0.717) is 6.42 Å². The average Bonchev–Trinajstić information content (AvgIpc) is 3.13. The largest absolute Gasteiger partial charge is 0.462 e. The molecule has 0 aromatic carbocycles. The minimum atomic E-state index is -1.12. The third-order valence-corrected chi connectivity index (χ3v) is 7.78. The number of hydrogen-bond acceptors (Lipinski definition) is 9. The highest BCUT2D eigenvalue weighted by Crippen LogP contribution is 2.59. The lowest BCUT2D eigenvalue weighted by Crippen LogP contribution is -2.51. The number of fused-ring (bicyclic) bond motifs is 2. The van der Waals surface area contributed by atoms with Gasteiger partial charge in [0.2, 0.25) is 0 Å². The third-order valence-electron chi connectivity index (χ3n) is 7.78. The van der Waals surface area contributed by atoms with Crippen LogP contribution >= 0.6 is 0 Å². The predicted molar refractivity (Wildman–Crippen MR) is 114 cm³/mol. The Kier molecular flexibility index (Phi) is 6.94. The van der Waals surface area contributed by atoms with Crippen LogP contribution in [0.5, 0.6) is 0 Å². The van der Waals surface area contributed by atoms with E-state index in [4.69, 9.17) is 18.9 Å². The molecule has 9 nitrogen and oxygen atoms in total. The maximum atomic E-state index is 12.7. The molecule has 1 aliphatic heterocycles. The highest BCUT2D eigenvalue weighted by molar-refractivity contribution is 5.91. The molecule has 33 heavy (non-hydrogen) atoms. The van der Waals surface area contributed by atoms with Crippen LogP contribution in [0.25, 0.3) is 0 Å². The summed E-state index contributed by atoms with van der Waals surface area (Å²) < 4.78 is 22.8. The van der Waals surface area contributed by atoms with Gasteiger partial charge in [0.15, 0.2) is 0 Å². The molecule has 184 valence electrons. The summed E-state index contributed by atoms with van der Waals surface area (Å²) in [6.45, 7) is 13.6. The lowest BCUT2D eigenvalue weighted by atomic mass is 9.66. The van der Waals surface area contributed by atoms with Crippen molar-refractivity contribution in [1.82, 2.24) is 0 Å². The van der Waals surface area contributed by atoms with E-state index in [1.165, 1.54) is 13.8 Å². The zero-order chi connectivity index (χ0) is 24.8. The summed E-state index contributed by atoms with van der Waals surface area (Å²) in [4.78, 5) is 49.3. The van der Waals surface area contributed by atoms with E-state index < -0.39 is 71.6 Å². The molecule has 0 spiro atoms. The van der Waals surface area contributed by atoms with Gasteiger partial charge in [-0.25, -0.2) is 4.79 Å². The summed E-state index contributed by atoms with van der Waals surface area (Å²) in [6, 6.07) is 0. The molecule has 0 aromatic heterocycles. The van der Waals surface area contributed by atoms with Gasteiger partial charge in [-0.15, -0.1) is 0 Å². The van der Waals surface area contributed by atoms with Gasteiger partial charge in [-0.3, -0.25) is 14.4 Å². The Morgan fingerprint density at radius 1 is 1.21 bits per heavy atom. The fourth-order valence-electron chi connectivity index (χ4n) is 5.95. The molecule has 9 heteroatoms. The standard InChI is InChI=1S/C24H34O9/c1-8-10(2)22(28)32-15-9-16(27)24(7)18(15)12(4)19(30-13(5)25)20-17(11(3)23(29)33-20)21(24)31-14(6)26/h10,12,15-21,27H,3,8-9H2,1-2,4-7H3/t10-,12+,15+,16-,17-,18-,19-,20-,21-,24-/m1/s1. The van der Waals surface area contributed by atoms with E-state index in [1.807, 2.05) is 6.92 Å². The van der Waals surface area contributed by atoms with Crippen LogP contribution in [0.3, 0.4) is 0 Å². The molecule has 2 saturated carbocycles. The summed E-state index contributed by atoms with van der Waals surface area (Å²) in [5.74, 6) is -4.44. The molecule has 0 radical (unpaired) electrons. The molecule has 1 saturated heterocycles. The van der Waals surface area contributed by atoms with Crippen LogP contribution in [-0.4, -0.2) is 59.5 Å². The highest BCUT2D eigenvalue weighted by atomic mass is 16.6. The van der Waals surface area contributed by atoms with Crippen molar-refractivity contribution in [3.8, 4) is 0 Å². The number of carbonyl (C=O) groups excluding carboxylic acids is 4. The molecule has 0 bridgehead atoms. The number of rotatable bonds is 5. The van der Waals surface area contributed by atoms with E-state index in [-0.39, 0.29) is 23.9 Å². The Labute approximate surface area is 193 Å². The summed E-state index contributed by atoms with van der Waals surface area (Å²) in [6.07, 6.45) is -3.88. The highest BCUT2D eigenvalue weighted by Gasteiger charge is 2.69. The van der Waals surface area contributed by atoms with E-state index in [0.717, 1.165) is 0 Å². The molecule has 3 fully saturated rings. The fourth-order valence-corrected chi connectivity index (χ4v) is 5.95. The van der Waals surface area contributed by atoms with Crippen LogP contribution < -0.4 is 0 Å². The summed E-state index contributed by atoms with van der Waals surface area (Å²) in [5.41, 5.74) is -1.04. The number of aliphatic hydroxyl groups is 1. The van der Waals surface area contributed by atoms with Crippen molar-refractivity contribution >= 4 is 23.9 Å². The lowest BCUT2D eigenvalue weighted by molar-refractivity contribution is -0.172. The Bertz CT molecular complexity index is 851. The molecule has 10 atom stereocenters. The number of carbonyl (C=O) groups is 4. The van der Waals surface area contributed by atoms with Crippen LogP contribution in [0.1, 0.15) is 54.4 Å². The SMILES string of the molecule is C=C1C(=O)O[C@H]2[C@H](OC(C)=O)[C@@H](C)[C@@H]3[C@@H](OC(=O)[C@H](C)CC)C[C@@H](O)[C@@]3(C)[C@H](OC(C)=O)[C@H]12. The molecule has 3 rings (SSSR count). The van der Waals surface area contributed by atoms with Crippen LogP contribution in [0.15, 0.2) is 12.2 Å². The first kappa shape index (κ1) is 25.2. The topological polar surface area (TPSA) is 125 Å². The molecular weight excluding hydrogens is 432 g/mol. The van der Waals surface area contributed by atoms with Crippen molar-refractivity contribution in [2.24, 2.45) is 29.1 Å². The lowest BCUT2D eigenvalue weighted by Gasteiger charge is -2.43. The van der Waals surface area contributed by atoms with Crippen molar-refractivity contribution < 1.29 is 43.2 Å². The van der Waals surface area contributed by atoms with Gasteiger partial charge >= 0.3 is 23.9 Å². The molecule has 1 N–H and O–H groups in total. The first-order valence-corrected chi connectivity index (χ1v) is 11.5. The van der Waals surface area contributed by atoms with Gasteiger partial charge in [0, 0.05) is 43.1 Å². The zero-order valence-corrected chi connectivity index (χ0v) is 20.0. The smallest absolute Gasteiger partial charge is 0.334 e. The minimum absolute atomic E-state index is 0.0877. The summed E-state index contributed by atoms with van der Waals surface area (Å²) in [5, 5.41) is 11.3. The third kappa shape index (κ3) is 4.16. The molecule has 2 aliphatic carbocycles. The van der Waals surface area contributed by atoms with Crippen LogP contribution in [0.2, 0.25) is 0 Å². The van der Waals surface area contributed by atoms with Crippen molar-refractivity contribution in [3.05, 3.63) is 12.2 Å². The second-order valence-corrected chi connectivity index (χ2v) is 9.81. The normalized spacial score (nSPS) is 40.7. The van der Waals surface area contributed by atoms with E-state index >= 15 is 0 Å². The quantitative estimate of drug-likeness (QED) is 0.367. The average molecular weight is 467 g/mol. The first-order chi connectivity index (χ1) is 15.3. The van der Waals surface area contributed by atoms with Gasteiger partial charge in [-0.05, 0) is 6.42 Å². The van der Waals surface area contributed by atoms with Crippen LogP contribution in [-0.2, 0) is 38.1 Å². The number of hydrogen-bond donors (Lipinski definition) is 1. The molecule has 0 amide bonds. The van der Waals surface area contributed by atoms with Crippen LogP contribution in [0, 0.1) is 29.1 Å². The Hall–Kier alpha value is -2.42. The maximum absolute atomic E-state index is 12.7. The Morgan fingerprint density at radius 2 is 1.82 bits per heavy atom. The predicted octanol–water partition coefficient (Wildman–Crippen LogP) is 1.94. The van der Waals surface area contributed by atoms with Crippen LogP contribution in [0.4, 0.5) is 0 Å². The Balaban J connectivity index is 2.15. The van der Waals surface area contributed by atoms with Gasteiger partial charge in [0.05, 0.1) is 17.9 Å². The van der Waals surface area contributed by atoms with Crippen molar-refractivity contribution in [1.29, 1.82) is 0 Å². The second-order valence-electron chi connectivity index (χ2n) is 9.81. The van der Waals surface area contributed by atoms with E-state index in [9.17, 15) is 24.3 Å². The second kappa shape index (κ2) is 9.08. The van der Waals surface area contributed by atoms with E-state index in [2.05, 4.69) is 6.58 Å². The van der Waals surface area contributed by atoms with Crippen molar-refractivity contribution in [2.75, 3.05) is 0 Å². The van der Waals surface area contributed by atoms with Gasteiger partial charge in [-0.2, -0.15) is 0 Å². The summed E-state index contributed by atoms with van der Waals surface area (Å²) >= 11 is 0. The molecule has 3 aliphatic rings. The van der Waals surface area contributed by atoms with Gasteiger partial charge in [0.1, 0.15) is 24.4 Å². The van der Waals surface area contributed by atoms with Crippen molar-refractivity contribution in [2.45, 2.75) is 84.9 Å². The minimum Gasteiger partial charge on any atom is -0.462 e. The first-order valence-electron chi connectivity index (χ1n) is 11.5. The monoisotopic (exact) mass is 466 g/mol. The molecular formula is C24H34O9. The van der Waals surface area contributed by atoms with Gasteiger partial charge < -0.3 is 24.1 Å². The molecule has 0 unspecified atom stereocenters. The number of esters is 4. The van der Waals surface area contributed by atoms with E-state index in [1.54, 1.807) is 20.8 Å². The Morgan fingerprint density at radius 3 is 2.36 bits per heavy atom.